The molecule has 6 nitrogen and oxygen atoms in total. The number of halogens is 1. The van der Waals surface area contributed by atoms with Crippen LogP contribution in [-0.4, -0.2) is 40.6 Å². The Balaban J connectivity index is 1.23. The van der Waals surface area contributed by atoms with Crippen LogP contribution in [0.2, 0.25) is 0 Å². The van der Waals surface area contributed by atoms with Crippen LogP contribution in [0.25, 0.3) is 21.5 Å². The van der Waals surface area contributed by atoms with Gasteiger partial charge in [-0.2, -0.15) is 0 Å². The maximum atomic E-state index is 13.4. The Hall–Kier alpha value is -3.26. The van der Waals surface area contributed by atoms with Gasteiger partial charge < -0.3 is 14.7 Å². The zero-order valence-corrected chi connectivity index (χ0v) is 16.9. The van der Waals surface area contributed by atoms with E-state index in [-0.39, 0.29) is 11.7 Å². The number of hydrogen-bond donors (Lipinski definition) is 1. The molecule has 2 aromatic heterocycles. The number of fused-ring (bicyclic) bond motifs is 1. The van der Waals surface area contributed by atoms with E-state index in [2.05, 4.69) is 15.5 Å². The molecule has 30 heavy (non-hydrogen) atoms. The average molecular weight is 422 g/mol. The number of carbonyl (C=O) groups excluding carboxylic acids is 1. The molecule has 1 fully saturated rings. The van der Waals surface area contributed by atoms with E-state index in [9.17, 15) is 9.18 Å². The monoisotopic (exact) mass is 422 g/mol. The Bertz CT molecular complexity index is 1190. The fourth-order valence-corrected chi connectivity index (χ4v) is 4.65. The number of amides is 1. The number of thiazole rings is 1. The van der Waals surface area contributed by atoms with Gasteiger partial charge in [-0.05, 0) is 30.5 Å². The minimum absolute atomic E-state index is 0.0620. The van der Waals surface area contributed by atoms with Gasteiger partial charge in [0.2, 0.25) is 0 Å². The van der Waals surface area contributed by atoms with Crippen LogP contribution < -0.4 is 5.32 Å². The number of benzene rings is 2. The lowest BCUT2D eigenvalue weighted by atomic mass is 10.1. The molecule has 1 atom stereocenters. The van der Waals surface area contributed by atoms with Gasteiger partial charge in [0.1, 0.15) is 11.4 Å². The second kappa shape index (κ2) is 7.87. The fourth-order valence-electron chi connectivity index (χ4n) is 3.75. The first-order valence-corrected chi connectivity index (χ1v) is 10.6. The number of rotatable bonds is 5. The number of aromatic nitrogens is 2. The van der Waals surface area contributed by atoms with Gasteiger partial charge >= 0.3 is 0 Å². The van der Waals surface area contributed by atoms with Crippen LogP contribution in [0.3, 0.4) is 0 Å². The summed E-state index contributed by atoms with van der Waals surface area (Å²) in [5, 5.41) is 7.96. The fraction of sp³-hybridized carbons (Fsp3) is 0.227. The van der Waals surface area contributed by atoms with Crippen molar-refractivity contribution in [2.45, 2.75) is 6.42 Å². The van der Waals surface area contributed by atoms with Crippen molar-refractivity contribution in [3.05, 3.63) is 66.1 Å². The van der Waals surface area contributed by atoms with Gasteiger partial charge in [-0.15, -0.1) is 0 Å². The molecule has 2 aromatic carbocycles. The minimum Gasteiger partial charge on any atom is -0.361 e. The molecule has 0 spiro atoms. The van der Waals surface area contributed by atoms with Crippen LogP contribution in [0.1, 0.15) is 16.8 Å². The summed E-state index contributed by atoms with van der Waals surface area (Å²) in [6, 6.07) is 14.1. The van der Waals surface area contributed by atoms with Crippen LogP contribution in [0.5, 0.6) is 0 Å². The summed E-state index contributed by atoms with van der Waals surface area (Å²) < 4.78 is 19.5. The minimum atomic E-state index is -0.258. The Morgan fingerprint density at radius 2 is 2.13 bits per heavy atom. The number of hydrogen-bond acceptors (Lipinski definition) is 6. The van der Waals surface area contributed by atoms with Crippen molar-refractivity contribution in [3.8, 4) is 11.3 Å². The van der Waals surface area contributed by atoms with Crippen LogP contribution >= 0.6 is 11.3 Å². The summed E-state index contributed by atoms with van der Waals surface area (Å²) in [7, 11) is 0. The quantitative estimate of drug-likeness (QED) is 0.506. The maximum Gasteiger partial charge on any atom is 0.259 e. The zero-order valence-electron chi connectivity index (χ0n) is 16.0. The van der Waals surface area contributed by atoms with Gasteiger partial charge in [0.15, 0.2) is 10.9 Å². The highest BCUT2D eigenvalue weighted by molar-refractivity contribution is 7.22. The first-order chi connectivity index (χ1) is 14.7. The highest BCUT2D eigenvalue weighted by atomic mass is 32.1. The lowest BCUT2D eigenvalue weighted by Gasteiger charge is -2.16. The Morgan fingerprint density at radius 1 is 1.27 bits per heavy atom. The summed E-state index contributed by atoms with van der Waals surface area (Å²) in [6.07, 6.45) is 2.40. The van der Waals surface area contributed by atoms with Crippen LogP contribution in [0.4, 0.5) is 9.52 Å². The molecule has 8 heteroatoms. The predicted octanol–water partition coefficient (Wildman–Crippen LogP) is 4.66. The van der Waals surface area contributed by atoms with Gasteiger partial charge in [-0.25, -0.2) is 9.37 Å². The highest BCUT2D eigenvalue weighted by Crippen LogP contribution is 2.29. The Labute approximate surface area is 176 Å². The molecule has 0 aliphatic carbocycles. The van der Waals surface area contributed by atoms with E-state index in [1.54, 1.807) is 6.07 Å². The zero-order chi connectivity index (χ0) is 20.5. The van der Waals surface area contributed by atoms with Crippen molar-refractivity contribution in [1.29, 1.82) is 0 Å². The van der Waals surface area contributed by atoms with Gasteiger partial charge in [0.05, 0.1) is 16.4 Å². The third-order valence-corrected chi connectivity index (χ3v) is 6.28. The van der Waals surface area contributed by atoms with Crippen molar-refractivity contribution in [3.63, 3.8) is 0 Å². The SMILES string of the molecule is O=C(c1cnoc1-c1ccccc1)N1CC[C@@H](CNc2nc3ccc(F)cc3s2)C1. The standard InChI is InChI=1S/C22H19FN4O2S/c23-16-6-7-18-19(10-16)30-22(26-18)24-11-14-8-9-27(13-14)21(28)17-12-25-29-20(17)15-4-2-1-3-5-15/h1-7,10,12,14H,8-9,11,13H2,(H,24,26)/t14-/m0/s1. The molecular weight excluding hydrogens is 403 g/mol. The van der Waals surface area contributed by atoms with Crippen LogP contribution in [-0.2, 0) is 0 Å². The Kier molecular flexibility index (Phi) is 4.92. The molecular formula is C22H19FN4O2S. The van der Waals surface area contributed by atoms with E-state index in [1.165, 1.54) is 29.7 Å². The van der Waals surface area contributed by atoms with Gasteiger partial charge in [0, 0.05) is 25.2 Å². The van der Waals surface area contributed by atoms with E-state index >= 15 is 0 Å². The van der Waals surface area contributed by atoms with Crippen molar-refractivity contribution >= 4 is 32.6 Å². The third kappa shape index (κ3) is 3.66. The summed E-state index contributed by atoms with van der Waals surface area (Å²) in [5.41, 5.74) is 2.11. The van der Waals surface area contributed by atoms with E-state index < -0.39 is 0 Å². The van der Waals surface area contributed by atoms with Crippen LogP contribution in [0, 0.1) is 11.7 Å². The van der Waals surface area contributed by atoms with Gasteiger partial charge in [-0.3, -0.25) is 4.79 Å². The number of nitrogens with one attached hydrogen (secondary N) is 1. The van der Waals surface area contributed by atoms with E-state index in [0.717, 1.165) is 27.3 Å². The molecule has 0 saturated carbocycles. The molecule has 152 valence electrons. The lowest BCUT2D eigenvalue weighted by Crippen LogP contribution is -2.29. The summed E-state index contributed by atoms with van der Waals surface area (Å²) in [6.45, 7) is 2.06. The van der Waals surface area contributed by atoms with Crippen molar-refractivity contribution < 1.29 is 13.7 Å². The molecule has 0 bridgehead atoms. The summed E-state index contributed by atoms with van der Waals surface area (Å²) >= 11 is 1.44. The predicted molar refractivity (Wildman–Crippen MR) is 114 cm³/mol. The summed E-state index contributed by atoms with van der Waals surface area (Å²) in [5.74, 6) is 0.501. The molecule has 0 unspecified atom stereocenters. The number of nitrogens with zero attached hydrogens (tertiary/aromatic N) is 3. The average Bonchev–Trinajstić information content (AvgIpc) is 3.51. The normalized spacial score (nSPS) is 16.3. The van der Waals surface area contributed by atoms with Crippen molar-refractivity contribution in [1.82, 2.24) is 15.0 Å². The first-order valence-electron chi connectivity index (χ1n) is 9.77. The Morgan fingerprint density at radius 3 is 3.00 bits per heavy atom. The van der Waals surface area contributed by atoms with Crippen LogP contribution in [0.15, 0.2) is 59.3 Å². The lowest BCUT2D eigenvalue weighted by molar-refractivity contribution is 0.0788. The summed E-state index contributed by atoms with van der Waals surface area (Å²) in [4.78, 5) is 19.4. The third-order valence-electron chi connectivity index (χ3n) is 5.30. The first kappa shape index (κ1) is 18.7. The van der Waals surface area contributed by atoms with Crippen molar-refractivity contribution in [2.24, 2.45) is 5.92 Å². The topological polar surface area (TPSA) is 71.3 Å². The second-order valence-electron chi connectivity index (χ2n) is 7.35. The molecule has 3 heterocycles. The smallest absolute Gasteiger partial charge is 0.259 e. The highest BCUT2D eigenvalue weighted by Gasteiger charge is 2.30. The molecule has 1 N–H and O–H groups in total. The molecule has 4 aromatic rings. The second-order valence-corrected chi connectivity index (χ2v) is 8.38. The number of carbonyl (C=O) groups is 1. The van der Waals surface area contributed by atoms with E-state index in [0.29, 0.717) is 36.9 Å². The van der Waals surface area contributed by atoms with Gasteiger partial charge in [-0.1, -0.05) is 46.8 Å². The molecule has 0 radical (unpaired) electrons. The molecule has 5 rings (SSSR count). The number of anilines is 1. The maximum absolute atomic E-state index is 13.4. The molecule has 1 aliphatic rings. The molecule has 1 amide bonds. The molecule has 1 aliphatic heterocycles. The molecule has 1 saturated heterocycles. The van der Waals surface area contributed by atoms with E-state index in [1.807, 2.05) is 35.2 Å². The van der Waals surface area contributed by atoms with Crippen molar-refractivity contribution in [2.75, 3.05) is 25.0 Å². The van der Waals surface area contributed by atoms with E-state index in [4.69, 9.17) is 4.52 Å². The number of likely N-dealkylation sites (tertiary alicyclic amines) is 1. The largest absolute Gasteiger partial charge is 0.361 e. The van der Waals surface area contributed by atoms with Gasteiger partial charge in [0.25, 0.3) is 5.91 Å².